The third-order valence-corrected chi connectivity index (χ3v) is 12.9. The van der Waals surface area contributed by atoms with E-state index >= 15 is 0 Å². The Kier molecular flexibility index (Phi) is 10.6. The Hall–Kier alpha value is -8.41. The highest BCUT2D eigenvalue weighted by Gasteiger charge is 2.28. The van der Waals surface area contributed by atoms with Crippen LogP contribution in [0.15, 0.2) is 224 Å². The van der Waals surface area contributed by atoms with Gasteiger partial charge in [-0.25, -0.2) is 9.97 Å². The summed E-state index contributed by atoms with van der Waals surface area (Å²) in [5.74, 6) is -0.00243. The van der Waals surface area contributed by atoms with E-state index in [1.165, 1.54) is 0 Å². The molecule has 0 atom stereocenters. The molecule has 66 heavy (non-hydrogen) atoms. The molecule has 5 heteroatoms. The molecule has 0 bridgehead atoms. The van der Waals surface area contributed by atoms with E-state index in [1.54, 1.807) is 6.92 Å². The highest BCUT2D eigenvalue weighted by Crippen LogP contribution is 2.42. The largest absolute Gasteiger partial charge is 0.512 e. The Morgan fingerprint density at radius 1 is 0.455 bits per heavy atom. The third kappa shape index (κ3) is 7.82. The molecule has 1 amide bonds. The minimum absolute atomic E-state index is 0.102. The Morgan fingerprint density at radius 2 is 0.848 bits per heavy atom. The smallest absolute Gasteiger partial charge is 0.253 e. The number of allylic oxidation sites excluding steroid dienone is 1. The Morgan fingerprint density at radius 3 is 1.32 bits per heavy atom. The molecule has 0 aliphatic carbocycles. The molecule has 316 valence electrons. The zero-order valence-electron chi connectivity index (χ0n) is 36.5. The van der Waals surface area contributed by atoms with Crippen molar-refractivity contribution >= 4 is 27.7 Å². The van der Waals surface area contributed by atoms with Crippen molar-refractivity contribution in [1.82, 2.24) is 14.9 Å². The van der Waals surface area contributed by atoms with Crippen LogP contribution in [0.5, 0.6) is 0 Å². The van der Waals surface area contributed by atoms with Gasteiger partial charge in [-0.1, -0.05) is 170 Å². The monoisotopic (exact) mass is 851 g/mol. The number of rotatable bonds is 9. The van der Waals surface area contributed by atoms with Gasteiger partial charge in [-0.05, 0) is 117 Å². The van der Waals surface area contributed by atoms with Crippen LogP contribution in [0, 0.1) is 0 Å². The van der Waals surface area contributed by atoms with E-state index in [4.69, 9.17) is 9.97 Å². The molecule has 1 aliphatic rings. The van der Waals surface area contributed by atoms with Gasteiger partial charge in [0.1, 0.15) is 0 Å². The van der Waals surface area contributed by atoms with Crippen molar-refractivity contribution in [2.45, 2.75) is 19.9 Å². The molecule has 1 aliphatic heterocycles. The Bertz CT molecular complexity index is 3310. The zero-order valence-corrected chi connectivity index (χ0v) is 36.5. The molecule has 1 N–H and O–H groups in total. The molecule has 2 aromatic heterocycles. The Labute approximate surface area is 384 Å². The average Bonchev–Trinajstić information content (AvgIpc) is 3.75. The maximum Gasteiger partial charge on any atom is 0.253 e. The predicted molar refractivity (Wildman–Crippen MR) is 270 cm³/mol. The molecule has 0 radical (unpaired) electrons. The van der Waals surface area contributed by atoms with Crippen molar-refractivity contribution in [2.24, 2.45) is 0 Å². The normalized spacial score (nSPS) is 13.4. The minimum atomic E-state index is -0.105. The van der Waals surface area contributed by atoms with Gasteiger partial charge in [0.25, 0.3) is 5.91 Å². The molecule has 0 spiro atoms. The summed E-state index contributed by atoms with van der Waals surface area (Å²) in [4.78, 5) is 25.2. The molecule has 0 saturated carbocycles. The van der Waals surface area contributed by atoms with E-state index in [2.05, 4.69) is 182 Å². The lowest BCUT2D eigenvalue weighted by molar-refractivity contribution is -0.125. The van der Waals surface area contributed by atoms with Crippen LogP contribution in [0.1, 0.15) is 18.9 Å². The summed E-state index contributed by atoms with van der Waals surface area (Å²) in [6.45, 7) is 2.60. The van der Waals surface area contributed by atoms with Crippen molar-refractivity contribution < 1.29 is 9.90 Å². The van der Waals surface area contributed by atoms with Crippen LogP contribution in [-0.4, -0.2) is 32.4 Å². The van der Waals surface area contributed by atoms with E-state index in [0.29, 0.717) is 25.1 Å². The number of fused-ring (bicyclic) bond motifs is 2. The highest BCUT2D eigenvalue weighted by atomic mass is 16.3. The summed E-state index contributed by atoms with van der Waals surface area (Å²) in [6.07, 6.45) is 0.538. The van der Waals surface area contributed by atoms with E-state index in [-0.39, 0.29) is 11.7 Å². The summed E-state index contributed by atoms with van der Waals surface area (Å²) in [6, 6.07) is 74.8. The van der Waals surface area contributed by atoms with Crippen LogP contribution in [0.25, 0.3) is 100.0 Å². The number of aromatic nitrogens is 2. The van der Waals surface area contributed by atoms with E-state index in [0.717, 1.165) is 106 Å². The number of aliphatic hydroxyl groups is 1. The van der Waals surface area contributed by atoms with Crippen LogP contribution in [-0.2, 0) is 11.3 Å². The maximum absolute atomic E-state index is 13.4. The number of para-hydroxylation sites is 2. The first kappa shape index (κ1) is 40.4. The van der Waals surface area contributed by atoms with Gasteiger partial charge >= 0.3 is 0 Å². The molecule has 8 aromatic carbocycles. The molecule has 11 rings (SSSR count). The van der Waals surface area contributed by atoms with Gasteiger partial charge in [0.15, 0.2) is 0 Å². The molecule has 5 nitrogen and oxygen atoms in total. The molecule has 0 unspecified atom stereocenters. The Balaban J connectivity index is 1.01. The average molecular weight is 852 g/mol. The quantitative estimate of drug-likeness (QED) is 0.116. The fourth-order valence-corrected chi connectivity index (χ4v) is 9.44. The van der Waals surface area contributed by atoms with Gasteiger partial charge < -0.3 is 10.0 Å². The first-order valence-electron chi connectivity index (χ1n) is 22.5. The molecule has 1 fully saturated rings. The van der Waals surface area contributed by atoms with Crippen LogP contribution in [0.4, 0.5) is 0 Å². The fraction of sp³-hybridized carbons (Fsp3) is 0.0656. The van der Waals surface area contributed by atoms with Gasteiger partial charge in [0.05, 0.1) is 33.8 Å². The van der Waals surface area contributed by atoms with Crippen molar-refractivity contribution in [3.8, 4) is 78.1 Å². The fourth-order valence-electron chi connectivity index (χ4n) is 9.44. The summed E-state index contributed by atoms with van der Waals surface area (Å²) < 4.78 is 0. The summed E-state index contributed by atoms with van der Waals surface area (Å²) in [7, 11) is 0. The first-order valence-corrected chi connectivity index (χ1v) is 22.5. The second-order valence-electron chi connectivity index (χ2n) is 17.0. The summed E-state index contributed by atoms with van der Waals surface area (Å²) >= 11 is 0. The zero-order chi connectivity index (χ0) is 44.6. The molecular weight excluding hydrogens is 807 g/mol. The van der Waals surface area contributed by atoms with Crippen molar-refractivity contribution in [3.05, 3.63) is 229 Å². The molecule has 3 heterocycles. The second-order valence-corrected chi connectivity index (χ2v) is 17.0. The number of nitrogens with zero attached hydrogens (tertiary/aromatic N) is 3. The standard InChI is InChI=1S/C61H45N3O2/c1-40(65)51-34-35-64(61(51)66)39-47-14-2-5-15-52(47)48-36-49(55-18-8-6-16-53(55)41-22-26-45(27-23-41)59-32-30-43-12-3-10-20-57(43)62-59)38-50(37-48)56-19-9-7-17-54(56)42-24-28-46(29-25-42)60-33-31-44-13-4-11-21-58(44)63-60/h2-33,36-38,65H,34-35,39H2,1H3/b51-40-. The number of carbonyl (C=O) groups is 1. The number of likely N-dealkylation sites (tertiary alicyclic amines) is 1. The van der Waals surface area contributed by atoms with Gasteiger partial charge in [-0.3, -0.25) is 4.79 Å². The number of hydrogen-bond acceptors (Lipinski definition) is 4. The number of hydrogen-bond donors (Lipinski definition) is 1. The van der Waals surface area contributed by atoms with Crippen molar-refractivity contribution in [2.75, 3.05) is 6.54 Å². The summed E-state index contributed by atoms with van der Waals surface area (Å²) in [5, 5.41) is 12.5. The van der Waals surface area contributed by atoms with Gasteiger partial charge in [-0.15, -0.1) is 0 Å². The number of amides is 1. The van der Waals surface area contributed by atoms with Crippen LogP contribution in [0.3, 0.4) is 0 Å². The highest BCUT2D eigenvalue weighted by molar-refractivity contribution is 5.96. The SMILES string of the molecule is C/C(O)=C1\CCN(Cc2ccccc2-c2cc(-c3ccccc3-c3ccc(-c4ccc5ccccc5n4)cc3)cc(-c3ccccc3-c3ccc(-c4ccc5ccccc5n4)cc3)c2)C1=O. The first-order chi connectivity index (χ1) is 32.4. The van der Waals surface area contributed by atoms with Crippen molar-refractivity contribution in [3.63, 3.8) is 0 Å². The maximum atomic E-state index is 13.4. The van der Waals surface area contributed by atoms with E-state index in [9.17, 15) is 9.90 Å². The number of pyridine rings is 2. The van der Waals surface area contributed by atoms with Crippen LogP contribution >= 0.6 is 0 Å². The number of aliphatic hydroxyl groups excluding tert-OH is 1. The number of benzene rings is 8. The van der Waals surface area contributed by atoms with E-state index in [1.807, 2.05) is 35.2 Å². The topological polar surface area (TPSA) is 66.3 Å². The molecular formula is C61H45N3O2. The lowest BCUT2D eigenvalue weighted by atomic mass is 9.86. The van der Waals surface area contributed by atoms with Crippen LogP contribution < -0.4 is 0 Å². The molecule has 1 saturated heterocycles. The lowest BCUT2D eigenvalue weighted by Gasteiger charge is -2.20. The van der Waals surface area contributed by atoms with Gasteiger partial charge in [0.2, 0.25) is 0 Å². The van der Waals surface area contributed by atoms with E-state index < -0.39 is 0 Å². The number of carbonyl (C=O) groups excluding carboxylic acids is 1. The predicted octanol–water partition coefficient (Wildman–Crippen LogP) is 15.0. The lowest BCUT2D eigenvalue weighted by Crippen LogP contribution is -2.25. The summed E-state index contributed by atoms with van der Waals surface area (Å²) in [5.41, 5.74) is 18.5. The van der Waals surface area contributed by atoms with Gasteiger partial charge in [-0.2, -0.15) is 0 Å². The third-order valence-electron chi connectivity index (χ3n) is 12.9. The van der Waals surface area contributed by atoms with Gasteiger partial charge in [0, 0.05) is 35.0 Å². The minimum Gasteiger partial charge on any atom is -0.512 e. The second kappa shape index (κ2) is 17.3. The molecule has 10 aromatic rings. The van der Waals surface area contributed by atoms with Crippen molar-refractivity contribution in [1.29, 1.82) is 0 Å². The van der Waals surface area contributed by atoms with Crippen LogP contribution in [0.2, 0.25) is 0 Å².